The molecule has 3 aromatic rings. The van der Waals surface area contributed by atoms with Crippen molar-refractivity contribution in [1.29, 1.82) is 0 Å². The van der Waals surface area contributed by atoms with Gasteiger partial charge in [-0.25, -0.2) is 4.68 Å². The number of nitrogens with zero attached hydrogens (tertiary/aromatic N) is 2. The monoisotopic (exact) mass is 453 g/mol. The number of carbonyl (C=O) groups excluding carboxylic acids is 1. The molecule has 0 bridgehead atoms. The number of ether oxygens (including phenoxy) is 1. The molecule has 6 heteroatoms. The van der Waals surface area contributed by atoms with Crippen LogP contribution in [-0.2, 0) is 21.4 Å². The van der Waals surface area contributed by atoms with Gasteiger partial charge in [0, 0.05) is 36.6 Å². The van der Waals surface area contributed by atoms with Crippen molar-refractivity contribution < 1.29 is 9.53 Å². The van der Waals surface area contributed by atoms with E-state index >= 15 is 0 Å². The molecule has 1 amide bonds. The van der Waals surface area contributed by atoms with E-state index in [0.29, 0.717) is 32.6 Å². The van der Waals surface area contributed by atoms with Crippen molar-refractivity contribution in [3.05, 3.63) is 82.6 Å². The van der Waals surface area contributed by atoms with Gasteiger partial charge in [-0.2, -0.15) is 5.10 Å². The lowest BCUT2D eigenvalue weighted by molar-refractivity contribution is -0.130. The van der Waals surface area contributed by atoms with Crippen LogP contribution in [-0.4, -0.2) is 35.4 Å². The first kappa shape index (κ1) is 19.9. The molecule has 1 aliphatic rings. The summed E-state index contributed by atoms with van der Waals surface area (Å²) in [6.45, 7) is 1.83. The Morgan fingerprint density at radius 3 is 2.48 bits per heavy atom. The topological polar surface area (TPSA) is 56.2 Å². The Hall–Kier alpha value is -2.44. The van der Waals surface area contributed by atoms with Crippen LogP contribution in [0.4, 0.5) is 0 Å². The average Bonchev–Trinajstić information content (AvgIpc) is 3.30. The first-order valence-electron chi connectivity index (χ1n) is 9.88. The Morgan fingerprint density at radius 2 is 1.83 bits per heavy atom. The second-order valence-electron chi connectivity index (χ2n) is 7.32. The standard InChI is InChI=1S/C23H24BrN3O2/c24-20-6-4-19(5-7-20)23(11-16-29-17-12-23)22(28)25-14-10-18-2-8-21(9-3-18)27-15-1-13-26-27/h1-9,13,15H,10-12,14,16-17H2,(H,25,28). The molecule has 2 aromatic carbocycles. The lowest BCUT2D eigenvalue weighted by Gasteiger charge is -2.36. The van der Waals surface area contributed by atoms with E-state index in [4.69, 9.17) is 4.74 Å². The van der Waals surface area contributed by atoms with Crippen LogP contribution in [0.2, 0.25) is 0 Å². The second-order valence-corrected chi connectivity index (χ2v) is 8.24. The maximum Gasteiger partial charge on any atom is 0.230 e. The highest BCUT2D eigenvalue weighted by atomic mass is 79.9. The predicted molar refractivity (Wildman–Crippen MR) is 116 cm³/mol. The molecule has 0 atom stereocenters. The highest BCUT2D eigenvalue weighted by Gasteiger charge is 2.41. The molecule has 0 unspecified atom stereocenters. The largest absolute Gasteiger partial charge is 0.381 e. The van der Waals surface area contributed by atoms with Crippen molar-refractivity contribution >= 4 is 21.8 Å². The predicted octanol–water partition coefficient (Wildman–Crippen LogP) is 4.04. The zero-order chi connectivity index (χ0) is 20.1. The Balaban J connectivity index is 1.40. The van der Waals surface area contributed by atoms with Crippen LogP contribution in [0.25, 0.3) is 5.69 Å². The molecule has 0 spiro atoms. The van der Waals surface area contributed by atoms with E-state index in [-0.39, 0.29) is 5.91 Å². The van der Waals surface area contributed by atoms with Crippen LogP contribution in [0.3, 0.4) is 0 Å². The summed E-state index contributed by atoms with van der Waals surface area (Å²) in [4.78, 5) is 13.2. The molecule has 1 fully saturated rings. The molecule has 4 rings (SSSR count). The molecule has 5 nitrogen and oxygen atoms in total. The molecule has 1 saturated heterocycles. The molecule has 1 aliphatic heterocycles. The molecular weight excluding hydrogens is 430 g/mol. The van der Waals surface area contributed by atoms with Crippen LogP contribution in [0, 0.1) is 0 Å². The third-order valence-electron chi connectivity index (χ3n) is 5.58. The number of hydrogen-bond donors (Lipinski definition) is 1. The number of aromatic nitrogens is 2. The molecule has 150 valence electrons. The van der Waals surface area contributed by atoms with Crippen molar-refractivity contribution in [3.63, 3.8) is 0 Å². The summed E-state index contributed by atoms with van der Waals surface area (Å²) in [5.41, 5.74) is 2.76. The van der Waals surface area contributed by atoms with Crippen molar-refractivity contribution in [2.24, 2.45) is 0 Å². The van der Waals surface area contributed by atoms with Gasteiger partial charge in [-0.3, -0.25) is 4.79 Å². The number of carbonyl (C=O) groups is 1. The van der Waals surface area contributed by atoms with E-state index in [0.717, 1.165) is 22.1 Å². The van der Waals surface area contributed by atoms with Gasteiger partial charge >= 0.3 is 0 Å². The number of benzene rings is 2. The maximum absolute atomic E-state index is 13.2. The van der Waals surface area contributed by atoms with E-state index in [1.165, 1.54) is 5.56 Å². The fourth-order valence-corrected chi connectivity index (χ4v) is 4.13. The third kappa shape index (κ3) is 4.43. The Kier molecular flexibility index (Phi) is 6.11. The summed E-state index contributed by atoms with van der Waals surface area (Å²) in [6.07, 6.45) is 5.89. The van der Waals surface area contributed by atoms with Crippen molar-refractivity contribution in [2.45, 2.75) is 24.7 Å². The second kappa shape index (κ2) is 8.93. The zero-order valence-electron chi connectivity index (χ0n) is 16.2. The number of halogens is 1. The number of hydrogen-bond acceptors (Lipinski definition) is 3. The van der Waals surface area contributed by atoms with Crippen molar-refractivity contribution in [3.8, 4) is 5.69 Å². The highest BCUT2D eigenvalue weighted by Crippen LogP contribution is 2.35. The van der Waals surface area contributed by atoms with Gasteiger partial charge in [0.15, 0.2) is 0 Å². The summed E-state index contributed by atoms with van der Waals surface area (Å²) in [7, 11) is 0. The van der Waals surface area contributed by atoms with Crippen LogP contribution < -0.4 is 5.32 Å². The molecule has 0 saturated carbocycles. The summed E-state index contributed by atoms with van der Waals surface area (Å²) in [5.74, 6) is 0.0938. The summed E-state index contributed by atoms with van der Waals surface area (Å²) < 4.78 is 8.39. The molecular formula is C23H24BrN3O2. The van der Waals surface area contributed by atoms with Crippen molar-refractivity contribution in [2.75, 3.05) is 19.8 Å². The third-order valence-corrected chi connectivity index (χ3v) is 6.11. The molecule has 0 aliphatic carbocycles. The van der Waals surface area contributed by atoms with Crippen LogP contribution in [0.1, 0.15) is 24.0 Å². The van der Waals surface area contributed by atoms with Crippen molar-refractivity contribution in [1.82, 2.24) is 15.1 Å². The molecule has 2 heterocycles. The zero-order valence-corrected chi connectivity index (χ0v) is 17.8. The van der Waals surface area contributed by atoms with Gasteiger partial charge in [-0.15, -0.1) is 0 Å². The summed E-state index contributed by atoms with van der Waals surface area (Å²) >= 11 is 3.48. The van der Waals surface area contributed by atoms with Gasteiger partial charge in [-0.05, 0) is 60.7 Å². The molecule has 1 aromatic heterocycles. The Morgan fingerprint density at radius 1 is 1.10 bits per heavy atom. The van der Waals surface area contributed by atoms with Gasteiger partial charge in [0.05, 0.1) is 11.1 Å². The van der Waals surface area contributed by atoms with E-state index in [1.54, 1.807) is 6.20 Å². The smallest absolute Gasteiger partial charge is 0.230 e. The van der Waals surface area contributed by atoms with Gasteiger partial charge in [0.1, 0.15) is 0 Å². The van der Waals surface area contributed by atoms with Gasteiger partial charge in [-0.1, -0.05) is 40.2 Å². The molecule has 0 radical (unpaired) electrons. The van der Waals surface area contributed by atoms with Gasteiger partial charge < -0.3 is 10.1 Å². The lowest BCUT2D eigenvalue weighted by Crippen LogP contribution is -2.48. The quantitative estimate of drug-likeness (QED) is 0.612. The normalized spacial score (nSPS) is 15.8. The van der Waals surface area contributed by atoms with Crippen LogP contribution in [0.15, 0.2) is 71.5 Å². The fourth-order valence-electron chi connectivity index (χ4n) is 3.86. The van der Waals surface area contributed by atoms with E-state index in [9.17, 15) is 4.79 Å². The van der Waals surface area contributed by atoms with Gasteiger partial charge in [0.2, 0.25) is 5.91 Å². The lowest BCUT2D eigenvalue weighted by atomic mass is 9.73. The van der Waals surface area contributed by atoms with E-state index in [1.807, 2.05) is 53.3 Å². The minimum atomic E-state index is -0.511. The number of rotatable bonds is 6. The minimum Gasteiger partial charge on any atom is -0.381 e. The van der Waals surface area contributed by atoms with Crippen LogP contribution >= 0.6 is 15.9 Å². The molecule has 29 heavy (non-hydrogen) atoms. The highest BCUT2D eigenvalue weighted by molar-refractivity contribution is 9.10. The van der Waals surface area contributed by atoms with Crippen LogP contribution in [0.5, 0.6) is 0 Å². The van der Waals surface area contributed by atoms with E-state index < -0.39 is 5.41 Å². The SMILES string of the molecule is O=C(NCCc1ccc(-n2cccn2)cc1)C1(c2ccc(Br)cc2)CCOCC1. The van der Waals surface area contributed by atoms with Gasteiger partial charge in [0.25, 0.3) is 0 Å². The molecule has 1 N–H and O–H groups in total. The minimum absolute atomic E-state index is 0.0938. The number of amides is 1. The Labute approximate surface area is 179 Å². The summed E-state index contributed by atoms with van der Waals surface area (Å²) in [6, 6.07) is 18.3. The average molecular weight is 454 g/mol. The number of nitrogens with one attached hydrogen (secondary N) is 1. The Bertz CT molecular complexity index is 931. The van der Waals surface area contributed by atoms with E-state index in [2.05, 4.69) is 38.5 Å². The first-order valence-corrected chi connectivity index (χ1v) is 10.7. The fraction of sp³-hybridized carbons (Fsp3) is 0.304. The maximum atomic E-state index is 13.2. The summed E-state index contributed by atoms with van der Waals surface area (Å²) in [5, 5.41) is 7.41. The first-order chi connectivity index (χ1) is 14.2.